The number of carbonyl (C=O) groups is 2. The number of anilines is 3. The third kappa shape index (κ3) is 7.05. The molecule has 0 aliphatic carbocycles. The Labute approximate surface area is 288 Å². The maximum atomic E-state index is 13.9. The first-order valence-corrected chi connectivity index (χ1v) is 17.0. The SMILES string of the molecule is CN(C)c1ccc(NC(=O)CSc2nc3cc4c(cc3c(=O)n2Cc2ccc(C(=O)N3CCN(c5ccccc5)CC3)cc2)OCO4)cc1. The van der Waals surface area contributed by atoms with Gasteiger partial charge in [-0.2, -0.15) is 0 Å². The van der Waals surface area contributed by atoms with E-state index >= 15 is 0 Å². The van der Waals surface area contributed by atoms with Gasteiger partial charge < -0.3 is 29.5 Å². The van der Waals surface area contributed by atoms with E-state index in [0.717, 1.165) is 30.0 Å². The average Bonchev–Trinajstić information content (AvgIpc) is 3.59. The van der Waals surface area contributed by atoms with Crippen LogP contribution in [0.25, 0.3) is 10.9 Å². The number of rotatable bonds is 9. The molecule has 1 N–H and O–H groups in total. The molecule has 0 atom stereocenters. The largest absolute Gasteiger partial charge is 0.454 e. The van der Waals surface area contributed by atoms with E-state index in [1.807, 2.05) is 78.5 Å². The van der Waals surface area contributed by atoms with Gasteiger partial charge in [-0.15, -0.1) is 0 Å². The number of aromatic nitrogens is 2. The van der Waals surface area contributed by atoms with Crippen LogP contribution in [0.2, 0.25) is 0 Å². The molecule has 2 aliphatic rings. The molecule has 12 heteroatoms. The highest BCUT2D eigenvalue weighted by molar-refractivity contribution is 7.99. The van der Waals surface area contributed by atoms with Crippen molar-refractivity contribution < 1.29 is 19.1 Å². The molecule has 1 aromatic heterocycles. The number of nitrogens with one attached hydrogen (secondary N) is 1. The Hall–Kier alpha value is -5.49. The number of ether oxygens (including phenoxy) is 2. The van der Waals surface area contributed by atoms with E-state index in [2.05, 4.69) is 22.3 Å². The van der Waals surface area contributed by atoms with Gasteiger partial charge in [0.25, 0.3) is 11.5 Å². The van der Waals surface area contributed by atoms with E-state index in [1.165, 1.54) is 11.8 Å². The molecule has 3 heterocycles. The summed E-state index contributed by atoms with van der Waals surface area (Å²) < 4.78 is 12.6. The Bertz CT molecular complexity index is 2040. The molecular weight excluding hydrogens is 641 g/mol. The third-order valence-electron chi connectivity index (χ3n) is 8.64. The normalized spacial score (nSPS) is 13.8. The highest BCUT2D eigenvalue weighted by Gasteiger charge is 2.23. The summed E-state index contributed by atoms with van der Waals surface area (Å²) in [5.41, 5.74) is 4.48. The molecule has 1 saturated heterocycles. The summed E-state index contributed by atoms with van der Waals surface area (Å²) in [7, 11) is 3.91. The minimum atomic E-state index is -0.262. The number of para-hydroxylation sites is 1. The Kier molecular flexibility index (Phi) is 9.12. The van der Waals surface area contributed by atoms with E-state index in [9.17, 15) is 14.4 Å². The number of thioether (sulfide) groups is 1. The number of hydrogen-bond donors (Lipinski definition) is 1. The van der Waals surface area contributed by atoms with Crippen LogP contribution in [-0.4, -0.2) is 79.1 Å². The van der Waals surface area contributed by atoms with E-state index in [1.54, 1.807) is 28.8 Å². The molecule has 5 aromatic rings. The van der Waals surface area contributed by atoms with Gasteiger partial charge in [0, 0.05) is 69.0 Å². The standard InChI is InChI=1S/C37H36N6O5S/c1-40(2)28-14-12-27(13-15-28)38-34(44)23-49-37-39-31-21-33-32(47-24-48-33)20-30(31)36(46)43(37)22-25-8-10-26(11-9-25)35(45)42-18-16-41(17-19-42)29-6-4-3-5-7-29/h3-15,20-21H,16-19,22-24H2,1-2H3,(H,38,44). The maximum Gasteiger partial charge on any atom is 0.262 e. The number of benzene rings is 4. The number of fused-ring (bicyclic) bond motifs is 2. The van der Waals surface area contributed by atoms with Gasteiger partial charge in [0.1, 0.15) is 0 Å². The van der Waals surface area contributed by atoms with Crippen LogP contribution in [0, 0.1) is 0 Å². The second-order valence-corrected chi connectivity index (χ2v) is 13.0. The average molecular weight is 677 g/mol. The number of nitrogens with zero attached hydrogens (tertiary/aromatic N) is 5. The molecular formula is C37H36N6O5S. The Morgan fingerprint density at radius 2 is 1.57 bits per heavy atom. The van der Waals surface area contributed by atoms with Crippen molar-refractivity contribution in [3.63, 3.8) is 0 Å². The zero-order valence-corrected chi connectivity index (χ0v) is 28.1. The van der Waals surface area contributed by atoms with Crippen molar-refractivity contribution in [3.8, 4) is 11.5 Å². The molecule has 4 aromatic carbocycles. The first-order valence-electron chi connectivity index (χ1n) is 16.0. The summed E-state index contributed by atoms with van der Waals surface area (Å²) in [6, 6.07) is 28.5. The zero-order chi connectivity index (χ0) is 33.9. The highest BCUT2D eigenvalue weighted by Crippen LogP contribution is 2.35. The lowest BCUT2D eigenvalue weighted by Crippen LogP contribution is -2.48. The molecule has 2 amide bonds. The van der Waals surface area contributed by atoms with Crippen LogP contribution in [0.1, 0.15) is 15.9 Å². The quantitative estimate of drug-likeness (QED) is 0.172. The number of carbonyl (C=O) groups excluding carboxylic acids is 2. The summed E-state index contributed by atoms with van der Waals surface area (Å²) in [4.78, 5) is 51.2. The molecule has 0 saturated carbocycles. The highest BCUT2D eigenvalue weighted by atomic mass is 32.2. The summed E-state index contributed by atoms with van der Waals surface area (Å²) >= 11 is 1.18. The van der Waals surface area contributed by atoms with Crippen molar-refractivity contribution in [2.45, 2.75) is 11.7 Å². The fourth-order valence-corrected chi connectivity index (χ4v) is 6.73. The summed E-state index contributed by atoms with van der Waals surface area (Å²) in [6.07, 6.45) is 0. The van der Waals surface area contributed by atoms with Crippen molar-refractivity contribution in [3.05, 3.63) is 112 Å². The molecule has 0 radical (unpaired) electrons. The Morgan fingerprint density at radius 1 is 0.878 bits per heavy atom. The monoisotopic (exact) mass is 676 g/mol. The fourth-order valence-electron chi connectivity index (χ4n) is 5.93. The first kappa shape index (κ1) is 32.1. The second-order valence-electron chi connectivity index (χ2n) is 12.1. The van der Waals surface area contributed by atoms with Crippen LogP contribution in [0.4, 0.5) is 17.1 Å². The van der Waals surface area contributed by atoms with Crippen molar-refractivity contribution >= 4 is 51.5 Å². The van der Waals surface area contributed by atoms with Crippen LogP contribution in [0.5, 0.6) is 11.5 Å². The van der Waals surface area contributed by atoms with Gasteiger partial charge in [-0.05, 0) is 60.2 Å². The predicted octanol–water partition coefficient (Wildman–Crippen LogP) is 4.93. The third-order valence-corrected chi connectivity index (χ3v) is 9.62. The van der Waals surface area contributed by atoms with E-state index in [4.69, 9.17) is 14.5 Å². The lowest BCUT2D eigenvalue weighted by atomic mass is 10.1. The number of amides is 2. The van der Waals surface area contributed by atoms with Gasteiger partial charge in [0.2, 0.25) is 12.7 Å². The van der Waals surface area contributed by atoms with Crippen molar-refractivity contribution in [2.75, 3.05) is 67.9 Å². The van der Waals surface area contributed by atoms with Crippen LogP contribution in [0.15, 0.2) is 101 Å². The number of piperazine rings is 1. The molecule has 0 bridgehead atoms. The molecule has 1 fully saturated rings. The zero-order valence-electron chi connectivity index (χ0n) is 27.3. The Morgan fingerprint density at radius 3 is 2.27 bits per heavy atom. The molecule has 0 unspecified atom stereocenters. The van der Waals surface area contributed by atoms with Crippen LogP contribution < -0.4 is 30.1 Å². The van der Waals surface area contributed by atoms with Gasteiger partial charge in [-0.1, -0.05) is 42.1 Å². The molecule has 250 valence electrons. The minimum absolute atomic E-state index is 0.0153. The Balaban J connectivity index is 1.08. The predicted molar refractivity (Wildman–Crippen MR) is 192 cm³/mol. The van der Waals surface area contributed by atoms with Crippen LogP contribution >= 0.6 is 11.8 Å². The van der Waals surface area contributed by atoms with Crippen molar-refractivity contribution in [2.24, 2.45) is 0 Å². The van der Waals surface area contributed by atoms with Crippen molar-refractivity contribution in [1.82, 2.24) is 14.5 Å². The van der Waals surface area contributed by atoms with Crippen LogP contribution in [0.3, 0.4) is 0 Å². The van der Waals surface area contributed by atoms with Gasteiger partial charge in [-0.25, -0.2) is 4.98 Å². The second kappa shape index (κ2) is 13.9. The van der Waals surface area contributed by atoms with Gasteiger partial charge >= 0.3 is 0 Å². The first-order chi connectivity index (χ1) is 23.8. The van der Waals surface area contributed by atoms with E-state index in [0.29, 0.717) is 51.9 Å². The lowest BCUT2D eigenvalue weighted by Gasteiger charge is -2.36. The molecule has 7 rings (SSSR count). The summed E-state index contributed by atoms with van der Waals surface area (Å²) in [6.45, 7) is 3.10. The van der Waals surface area contributed by atoms with E-state index in [-0.39, 0.29) is 36.5 Å². The van der Waals surface area contributed by atoms with Crippen molar-refractivity contribution in [1.29, 1.82) is 0 Å². The summed E-state index contributed by atoms with van der Waals surface area (Å²) in [5, 5.41) is 3.70. The molecule has 0 spiro atoms. The molecule has 11 nitrogen and oxygen atoms in total. The van der Waals surface area contributed by atoms with Crippen LogP contribution in [-0.2, 0) is 11.3 Å². The van der Waals surface area contributed by atoms with E-state index < -0.39 is 0 Å². The fraction of sp³-hybridized carbons (Fsp3) is 0.243. The van der Waals surface area contributed by atoms with Gasteiger partial charge in [0.05, 0.1) is 23.2 Å². The van der Waals surface area contributed by atoms with Gasteiger partial charge in [0.15, 0.2) is 16.7 Å². The topological polar surface area (TPSA) is 109 Å². The van der Waals surface area contributed by atoms with Gasteiger partial charge in [-0.3, -0.25) is 19.0 Å². The number of hydrogen-bond acceptors (Lipinski definition) is 9. The molecule has 2 aliphatic heterocycles. The molecule has 49 heavy (non-hydrogen) atoms. The minimum Gasteiger partial charge on any atom is -0.454 e. The summed E-state index contributed by atoms with van der Waals surface area (Å²) in [5.74, 6) is 0.822. The smallest absolute Gasteiger partial charge is 0.262 e. The maximum absolute atomic E-state index is 13.9. The lowest BCUT2D eigenvalue weighted by molar-refractivity contribution is -0.113.